The Hall–Kier alpha value is -2.22. The van der Waals surface area contributed by atoms with Crippen molar-refractivity contribution in [2.75, 3.05) is 26.2 Å². The summed E-state index contributed by atoms with van der Waals surface area (Å²) in [6, 6.07) is 8.99. The Labute approximate surface area is 182 Å². The Morgan fingerprint density at radius 1 is 1.03 bits per heavy atom. The fraction of sp³-hybridized carbons (Fsp3) is 0.333. The average Bonchev–Trinajstić information content (AvgIpc) is 3.20. The number of carbonyl (C=O) groups excluding carboxylic acids is 1. The van der Waals surface area contributed by atoms with Crippen molar-refractivity contribution in [2.24, 2.45) is 5.16 Å². The predicted octanol–water partition coefficient (Wildman–Crippen LogP) is 4.11. The first-order valence-electron chi connectivity index (χ1n) is 9.55. The number of oxime groups is 1. The topological polar surface area (TPSA) is 45.1 Å². The largest absolute Gasteiger partial charge is 0.382 e. The Balaban J connectivity index is 1.33. The van der Waals surface area contributed by atoms with Crippen molar-refractivity contribution in [3.8, 4) is 0 Å². The summed E-state index contributed by atoms with van der Waals surface area (Å²) in [7, 11) is 0. The van der Waals surface area contributed by atoms with Crippen molar-refractivity contribution in [2.45, 2.75) is 19.1 Å². The molecule has 2 aliphatic rings. The van der Waals surface area contributed by atoms with Gasteiger partial charge in [0.15, 0.2) is 0 Å². The van der Waals surface area contributed by atoms with Crippen molar-refractivity contribution >= 4 is 34.8 Å². The van der Waals surface area contributed by atoms with E-state index in [1.54, 1.807) is 23.1 Å². The van der Waals surface area contributed by atoms with E-state index in [1.165, 1.54) is 18.2 Å². The van der Waals surface area contributed by atoms with Gasteiger partial charge in [0.05, 0.1) is 16.3 Å². The Kier molecular flexibility index (Phi) is 6.22. The molecule has 0 aliphatic carbocycles. The van der Waals surface area contributed by atoms with Crippen molar-refractivity contribution in [3.05, 3.63) is 69.2 Å². The second kappa shape index (κ2) is 8.88. The van der Waals surface area contributed by atoms with Gasteiger partial charge in [-0.1, -0.05) is 40.5 Å². The predicted molar refractivity (Wildman–Crippen MR) is 111 cm³/mol. The summed E-state index contributed by atoms with van der Waals surface area (Å²) in [5.41, 5.74) is 0.947. The molecule has 0 spiro atoms. The third kappa shape index (κ3) is 4.29. The molecule has 5 nitrogen and oxygen atoms in total. The van der Waals surface area contributed by atoms with Gasteiger partial charge in [-0.05, 0) is 24.3 Å². The highest BCUT2D eigenvalue weighted by molar-refractivity contribution is 6.34. The lowest BCUT2D eigenvalue weighted by molar-refractivity contribution is -0.143. The molecule has 30 heavy (non-hydrogen) atoms. The van der Waals surface area contributed by atoms with E-state index in [4.69, 9.17) is 28.0 Å². The van der Waals surface area contributed by atoms with Gasteiger partial charge in [0, 0.05) is 49.7 Å². The van der Waals surface area contributed by atoms with Crippen molar-refractivity contribution < 1.29 is 18.4 Å². The van der Waals surface area contributed by atoms with E-state index in [0.717, 1.165) is 0 Å². The molecule has 1 atom stereocenters. The Bertz CT molecular complexity index is 954. The van der Waals surface area contributed by atoms with E-state index in [9.17, 15) is 13.6 Å². The van der Waals surface area contributed by atoms with Gasteiger partial charge >= 0.3 is 0 Å². The number of carbonyl (C=O) groups is 1. The third-order valence-electron chi connectivity index (χ3n) is 5.32. The van der Waals surface area contributed by atoms with Crippen molar-refractivity contribution in [1.82, 2.24) is 9.80 Å². The van der Waals surface area contributed by atoms with E-state index >= 15 is 0 Å². The van der Waals surface area contributed by atoms with Gasteiger partial charge < -0.3 is 9.74 Å². The number of halogens is 4. The lowest BCUT2D eigenvalue weighted by Gasteiger charge is -2.35. The summed E-state index contributed by atoms with van der Waals surface area (Å²) in [6.45, 7) is 2.49. The number of nitrogens with zero attached hydrogens (tertiary/aromatic N) is 3. The molecule has 158 valence electrons. The molecule has 0 saturated carbocycles. The van der Waals surface area contributed by atoms with E-state index in [1.807, 2.05) is 4.90 Å². The summed E-state index contributed by atoms with van der Waals surface area (Å²) in [4.78, 5) is 21.8. The lowest BCUT2D eigenvalue weighted by atomic mass is 10.0. The molecule has 2 aliphatic heterocycles. The van der Waals surface area contributed by atoms with E-state index in [0.29, 0.717) is 49.0 Å². The van der Waals surface area contributed by atoms with Crippen LogP contribution in [0.3, 0.4) is 0 Å². The van der Waals surface area contributed by atoms with E-state index in [2.05, 4.69) is 5.16 Å². The van der Waals surface area contributed by atoms with Gasteiger partial charge in [-0.25, -0.2) is 8.78 Å². The first-order chi connectivity index (χ1) is 14.4. The van der Waals surface area contributed by atoms with Crippen LogP contribution in [0.1, 0.15) is 17.5 Å². The quantitative estimate of drug-likeness (QED) is 0.699. The minimum atomic E-state index is -0.803. The van der Waals surface area contributed by atoms with Crippen LogP contribution in [0.2, 0.25) is 10.0 Å². The second-order valence-corrected chi connectivity index (χ2v) is 8.05. The van der Waals surface area contributed by atoms with Crippen LogP contribution >= 0.6 is 23.2 Å². The van der Waals surface area contributed by atoms with E-state index < -0.39 is 11.9 Å². The first-order valence-corrected chi connectivity index (χ1v) is 10.3. The van der Waals surface area contributed by atoms with Crippen LogP contribution < -0.4 is 0 Å². The molecule has 0 bridgehead atoms. The molecule has 0 aromatic heterocycles. The van der Waals surface area contributed by atoms with Gasteiger partial charge in [0.2, 0.25) is 6.10 Å². The summed E-state index contributed by atoms with van der Waals surface area (Å²) in [5, 5.41) is 4.51. The number of hydrogen-bond donors (Lipinski definition) is 0. The fourth-order valence-electron chi connectivity index (χ4n) is 3.67. The monoisotopic (exact) mass is 453 g/mol. The van der Waals surface area contributed by atoms with Gasteiger partial charge in [-0.15, -0.1) is 0 Å². The maximum absolute atomic E-state index is 14.1. The summed E-state index contributed by atoms with van der Waals surface area (Å²) >= 11 is 12.2. The highest BCUT2D eigenvalue weighted by Crippen LogP contribution is 2.27. The summed E-state index contributed by atoms with van der Waals surface area (Å²) in [6.07, 6.45) is -0.645. The number of hydrogen-bond acceptors (Lipinski definition) is 4. The molecule has 2 aromatic carbocycles. The highest BCUT2D eigenvalue weighted by Gasteiger charge is 2.35. The molecule has 0 N–H and O–H groups in total. The zero-order valence-corrected chi connectivity index (χ0v) is 17.5. The number of piperazine rings is 1. The second-order valence-electron chi connectivity index (χ2n) is 7.23. The van der Waals surface area contributed by atoms with Gasteiger partial charge in [0.25, 0.3) is 5.91 Å². The van der Waals surface area contributed by atoms with Gasteiger partial charge in [-0.3, -0.25) is 9.69 Å². The maximum Gasteiger partial charge on any atom is 0.266 e. The third-order valence-corrected chi connectivity index (χ3v) is 5.99. The highest BCUT2D eigenvalue weighted by atomic mass is 35.5. The van der Waals surface area contributed by atoms with Crippen molar-refractivity contribution in [3.63, 3.8) is 0 Å². The van der Waals surface area contributed by atoms with Crippen LogP contribution in [0.5, 0.6) is 0 Å². The van der Waals surface area contributed by atoms with Crippen LogP contribution in [-0.4, -0.2) is 53.7 Å². The Morgan fingerprint density at radius 3 is 2.37 bits per heavy atom. The first kappa shape index (κ1) is 21.0. The maximum atomic E-state index is 14.1. The standard InChI is InChI=1S/C21H19Cl2F2N3O2/c22-14-3-1-5-16(24)13(14)12-27-7-9-28(10-8-27)21(29)19-11-18(26-30-19)20-15(23)4-2-6-17(20)25/h1-6,19H,7-12H2. The summed E-state index contributed by atoms with van der Waals surface area (Å²) in [5.74, 6) is -1.04. The number of benzene rings is 2. The average molecular weight is 454 g/mol. The molecule has 2 aromatic rings. The van der Waals surface area contributed by atoms with Crippen molar-refractivity contribution in [1.29, 1.82) is 0 Å². The fourth-order valence-corrected chi connectivity index (χ4v) is 4.16. The minimum absolute atomic E-state index is 0.157. The molecule has 0 radical (unpaired) electrons. The van der Waals surface area contributed by atoms with Crippen LogP contribution in [0.15, 0.2) is 41.6 Å². The molecule has 1 fully saturated rings. The SMILES string of the molecule is O=C(C1CC(c2c(F)cccc2Cl)=NO1)N1CCN(Cc2c(F)cccc2Cl)CC1. The van der Waals surface area contributed by atoms with Crippen LogP contribution in [0.25, 0.3) is 0 Å². The zero-order valence-electron chi connectivity index (χ0n) is 16.0. The smallest absolute Gasteiger partial charge is 0.266 e. The normalized spacial score (nSPS) is 19.5. The minimum Gasteiger partial charge on any atom is -0.382 e. The molecule has 1 amide bonds. The number of amides is 1. The molecular formula is C21H19Cl2F2N3O2. The molecule has 4 rings (SSSR count). The number of rotatable bonds is 4. The van der Waals surface area contributed by atoms with Crippen LogP contribution in [0, 0.1) is 11.6 Å². The molecular weight excluding hydrogens is 435 g/mol. The van der Waals surface area contributed by atoms with Gasteiger partial charge in [-0.2, -0.15) is 0 Å². The Morgan fingerprint density at radius 2 is 1.70 bits per heavy atom. The van der Waals surface area contributed by atoms with E-state index in [-0.39, 0.29) is 28.7 Å². The van der Waals surface area contributed by atoms with Gasteiger partial charge in [0.1, 0.15) is 11.6 Å². The lowest BCUT2D eigenvalue weighted by Crippen LogP contribution is -2.51. The molecule has 2 heterocycles. The molecule has 1 unspecified atom stereocenters. The summed E-state index contributed by atoms with van der Waals surface area (Å²) < 4.78 is 28.1. The molecule has 9 heteroatoms. The zero-order chi connectivity index (χ0) is 21.3. The van der Waals surface area contributed by atoms with Crippen LogP contribution in [-0.2, 0) is 16.2 Å². The molecule has 1 saturated heterocycles. The van der Waals surface area contributed by atoms with Crippen LogP contribution in [0.4, 0.5) is 8.78 Å².